The summed E-state index contributed by atoms with van der Waals surface area (Å²) in [4.78, 5) is 26.0. The van der Waals surface area contributed by atoms with Crippen molar-refractivity contribution in [2.75, 3.05) is 6.54 Å². The Balaban J connectivity index is 2.11. The van der Waals surface area contributed by atoms with Gasteiger partial charge in [0.15, 0.2) is 0 Å². The average Bonchev–Trinajstić information content (AvgIpc) is 2.73. The molecule has 0 saturated carbocycles. The number of carbonyl (C=O) groups is 2. The minimum atomic E-state index is -0.883. The Hall–Kier alpha value is -1.40. The van der Waals surface area contributed by atoms with E-state index in [0.717, 1.165) is 23.3 Å². The van der Waals surface area contributed by atoms with Crippen LogP contribution in [-0.4, -0.2) is 34.5 Å². The Bertz CT molecular complexity index is 526. The van der Waals surface area contributed by atoms with Crippen LogP contribution in [0, 0.1) is 12.8 Å². The Morgan fingerprint density at radius 1 is 1.50 bits per heavy atom. The number of carbonyl (C=O) groups excluding carboxylic acids is 1. The predicted octanol–water partition coefficient (Wildman–Crippen LogP) is 1.84. The third kappa shape index (κ3) is 3.19. The van der Waals surface area contributed by atoms with Gasteiger partial charge in [0.2, 0.25) is 5.91 Å². The smallest absolute Gasteiger partial charge is 0.345 e. The molecule has 20 heavy (non-hydrogen) atoms. The lowest BCUT2D eigenvalue weighted by atomic mass is 9.92. The van der Waals surface area contributed by atoms with Crippen LogP contribution in [0.4, 0.5) is 0 Å². The monoisotopic (exact) mass is 296 g/mol. The molecule has 1 aromatic rings. The van der Waals surface area contributed by atoms with Gasteiger partial charge in [-0.2, -0.15) is 0 Å². The Morgan fingerprint density at radius 2 is 2.20 bits per heavy atom. The quantitative estimate of drug-likeness (QED) is 0.888. The molecule has 1 aromatic heterocycles. The van der Waals surface area contributed by atoms with E-state index in [1.54, 1.807) is 6.07 Å². The first-order valence-electron chi connectivity index (χ1n) is 6.74. The van der Waals surface area contributed by atoms with Crippen molar-refractivity contribution < 1.29 is 14.7 Å². The van der Waals surface area contributed by atoms with E-state index in [-0.39, 0.29) is 11.8 Å². The highest BCUT2D eigenvalue weighted by atomic mass is 32.1. The number of nitrogens with two attached hydrogens (primary N) is 1. The molecule has 2 atom stereocenters. The van der Waals surface area contributed by atoms with Crippen molar-refractivity contribution in [1.82, 2.24) is 4.90 Å². The average molecular weight is 296 g/mol. The molecule has 5 nitrogen and oxygen atoms in total. The number of piperidine rings is 1. The molecular formula is C14H20N2O3S. The fourth-order valence-corrected chi connectivity index (χ4v) is 3.51. The van der Waals surface area contributed by atoms with E-state index in [1.807, 2.05) is 6.92 Å². The van der Waals surface area contributed by atoms with Gasteiger partial charge in [0, 0.05) is 24.0 Å². The lowest BCUT2D eigenvalue weighted by Gasteiger charge is -2.36. The second kappa shape index (κ2) is 5.93. The molecule has 1 amide bonds. The Kier molecular flexibility index (Phi) is 4.45. The summed E-state index contributed by atoms with van der Waals surface area (Å²) in [7, 11) is 0. The van der Waals surface area contributed by atoms with Crippen LogP contribution in [0.25, 0.3) is 0 Å². The third-order valence-electron chi connectivity index (χ3n) is 4.02. The van der Waals surface area contributed by atoms with Crippen molar-refractivity contribution in [1.29, 1.82) is 0 Å². The van der Waals surface area contributed by atoms with Crippen molar-refractivity contribution in [2.45, 2.75) is 39.3 Å². The molecule has 110 valence electrons. The summed E-state index contributed by atoms with van der Waals surface area (Å²) in [5.41, 5.74) is 6.43. The zero-order valence-corrected chi connectivity index (χ0v) is 12.6. The van der Waals surface area contributed by atoms with Crippen LogP contribution < -0.4 is 5.73 Å². The van der Waals surface area contributed by atoms with E-state index in [1.165, 1.54) is 11.3 Å². The summed E-state index contributed by atoms with van der Waals surface area (Å²) in [5, 5.41) is 9.03. The molecule has 1 aliphatic rings. The van der Waals surface area contributed by atoms with Gasteiger partial charge < -0.3 is 10.8 Å². The van der Waals surface area contributed by atoms with E-state index >= 15 is 0 Å². The standard InChI is InChI=1S/C14H20N2O3S/c1-8-3-4-10(13(15)17)6-16(8)7-11-5-12(14(18)19)20-9(11)2/h5,8,10H,3-4,6-7H2,1-2H3,(H2,15,17)(H,18,19). The Labute approximate surface area is 122 Å². The number of primary amides is 1. The van der Waals surface area contributed by atoms with Crippen LogP contribution in [0.5, 0.6) is 0 Å². The Morgan fingerprint density at radius 3 is 2.75 bits per heavy atom. The maximum absolute atomic E-state index is 11.3. The first kappa shape index (κ1) is 15.0. The van der Waals surface area contributed by atoms with Gasteiger partial charge in [-0.15, -0.1) is 11.3 Å². The van der Waals surface area contributed by atoms with E-state index in [0.29, 0.717) is 24.0 Å². The van der Waals surface area contributed by atoms with Gasteiger partial charge in [0.25, 0.3) is 0 Å². The fourth-order valence-electron chi connectivity index (χ4n) is 2.63. The van der Waals surface area contributed by atoms with Crippen molar-refractivity contribution in [3.63, 3.8) is 0 Å². The molecule has 3 N–H and O–H groups in total. The van der Waals surface area contributed by atoms with Gasteiger partial charge in [0.05, 0.1) is 5.92 Å². The molecule has 0 radical (unpaired) electrons. The van der Waals surface area contributed by atoms with Gasteiger partial charge in [-0.1, -0.05) is 0 Å². The second-order valence-corrected chi connectivity index (χ2v) is 6.71. The zero-order chi connectivity index (χ0) is 14.9. The summed E-state index contributed by atoms with van der Waals surface area (Å²) in [5.74, 6) is -1.22. The number of thiophene rings is 1. The number of hydrogen-bond acceptors (Lipinski definition) is 4. The second-order valence-electron chi connectivity index (χ2n) is 5.45. The number of amides is 1. The van der Waals surface area contributed by atoms with E-state index in [4.69, 9.17) is 10.8 Å². The molecular weight excluding hydrogens is 276 g/mol. The lowest BCUT2D eigenvalue weighted by Crippen LogP contribution is -2.45. The highest BCUT2D eigenvalue weighted by molar-refractivity contribution is 7.14. The third-order valence-corrected chi connectivity index (χ3v) is 5.10. The maximum atomic E-state index is 11.3. The van der Waals surface area contributed by atoms with Gasteiger partial charge in [0.1, 0.15) is 4.88 Å². The molecule has 2 unspecified atom stereocenters. The highest BCUT2D eigenvalue weighted by Gasteiger charge is 2.29. The zero-order valence-electron chi connectivity index (χ0n) is 11.8. The van der Waals surface area contributed by atoms with Crippen LogP contribution in [0.3, 0.4) is 0 Å². The van der Waals surface area contributed by atoms with Crippen molar-refractivity contribution in [2.24, 2.45) is 11.7 Å². The van der Waals surface area contributed by atoms with Gasteiger partial charge in [-0.3, -0.25) is 9.69 Å². The number of carboxylic acids is 1. The molecule has 1 saturated heterocycles. The van der Waals surface area contributed by atoms with E-state index < -0.39 is 5.97 Å². The number of carboxylic acid groups (broad SMARTS) is 1. The highest BCUT2D eigenvalue weighted by Crippen LogP contribution is 2.27. The molecule has 2 heterocycles. The molecule has 1 fully saturated rings. The van der Waals surface area contributed by atoms with E-state index in [2.05, 4.69) is 11.8 Å². The van der Waals surface area contributed by atoms with Crippen molar-refractivity contribution in [3.8, 4) is 0 Å². The van der Waals surface area contributed by atoms with Crippen LogP contribution in [0.15, 0.2) is 6.07 Å². The summed E-state index contributed by atoms with van der Waals surface area (Å²) in [6.45, 7) is 5.42. The number of aryl methyl sites for hydroxylation is 1. The maximum Gasteiger partial charge on any atom is 0.345 e. The largest absolute Gasteiger partial charge is 0.477 e. The summed E-state index contributed by atoms with van der Waals surface area (Å²) >= 11 is 1.30. The number of aromatic carboxylic acids is 1. The molecule has 6 heteroatoms. The molecule has 0 spiro atoms. The summed E-state index contributed by atoms with van der Waals surface area (Å²) < 4.78 is 0. The molecule has 0 bridgehead atoms. The number of likely N-dealkylation sites (tertiary alicyclic amines) is 1. The lowest BCUT2D eigenvalue weighted by molar-refractivity contribution is -0.124. The minimum Gasteiger partial charge on any atom is -0.477 e. The van der Waals surface area contributed by atoms with Crippen molar-refractivity contribution in [3.05, 3.63) is 21.4 Å². The van der Waals surface area contributed by atoms with Gasteiger partial charge in [-0.25, -0.2) is 4.79 Å². The molecule has 1 aliphatic heterocycles. The number of nitrogens with zero attached hydrogens (tertiary/aromatic N) is 1. The summed E-state index contributed by atoms with van der Waals surface area (Å²) in [6, 6.07) is 2.13. The predicted molar refractivity (Wildman–Crippen MR) is 77.8 cm³/mol. The molecule has 0 aliphatic carbocycles. The minimum absolute atomic E-state index is 0.0934. The fraction of sp³-hybridized carbons (Fsp3) is 0.571. The van der Waals surface area contributed by atoms with Crippen LogP contribution >= 0.6 is 11.3 Å². The number of rotatable bonds is 4. The van der Waals surface area contributed by atoms with E-state index in [9.17, 15) is 9.59 Å². The first-order chi connectivity index (χ1) is 9.38. The van der Waals surface area contributed by atoms with Gasteiger partial charge >= 0.3 is 5.97 Å². The van der Waals surface area contributed by atoms with Crippen molar-refractivity contribution >= 4 is 23.2 Å². The van der Waals surface area contributed by atoms with Gasteiger partial charge in [-0.05, 0) is 38.3 Å². The van der Waals surface area contributed by atoms with Crippen LogP contribution in [-0.2, 0) is 11.3 Å². The topological polar surface area (TPSA) is 83.6 Å². The molecule has 0 aromatic carbocycles. The van der Waals surface area contributed by atoms with Crippen LogP contribution in [0.1, 0.15) is 39.9 Å². The molecule has 2 rings (SSSR count). The summed E-state index contributed by atoms with van der Waals surface area (Å²) in [6.07, 6.45) is 1.79. The number of hydrogen-bond donors (Lipinski definition) is 2. The normalized spacial score (nSPS) is 23.7. The van der Waals surface area contributed by atoms with Crippen LogP contribution in [0.2, 0.25) is 0 Å². The first-order valence-corrected chi connectivity index (χ1v) is 7.56. The SMILES string of the molecule is Cc1sc(C(=O)O)cc1CN1CC(C(N)=O)CCC1C.